The van der Waals surface area contributed by atoms with E-state index in [-0.39, 0.29) is 39.9 Å². The topological polar surface area (TPSA) is 238 Å². The second kappa shape index (κ2) is 10.5. The van der Waals surface area contributed by atoms with Gasteiger partial charge in [0.1, 0.15) is 29.5 Å². The van der Waals surface area contributed by atoms with Crippen molar-refractivity contribution in [3.05, 3.63) is 51.6 Å². The van der Waals surface area contributed by atoms with Gasteiger partial charge in [-0.2, -0.15) is 0 Å². The smallest absolute Gasteiger partial charge is 0.202 e. The fourth-order valence-corrected chi connectivity index (χ4v) is 5.75. The Morgan fingerprint density at radius 1 is 1.15 bits per heavy atom. The Bertz CT molecular complexity index is 1380. The van der Waals surface area contributed by atoms with Crippen molar-refractivity contribution in [3.8, 4) is 17.2 Å². The zero-order valence-electron chi connectivity index (χ0n) is 21.7. The predicted molar refractivity (Wildman–Crippen MR) is 135 cm³/mol. The molecule has 13 nitrogen and oxygen atoms in total. The van der Waals surface area contributed by atoms with Crippen molar-refractivity contribution in [1.82, 2.24) is 0 Å². The first kappa shape index (κ1) is 29.6. The van der Waals surface area contributed by atoms with E-state index in [2.05, 4.69) is 0 Å². The number of ether oxygens (including phenoxy) is 3. The molecule has 13 heteroatoms. The monoisotopic (exact) mass is 561 g/mol. The lowest BCUT2D eigenvalue weighted by Crippen LogP contribution is -2.53. The minimum Gasteiger partial charge on any atom is -0.507 e. The number of rotatable bonds is 5. The molecular formula is C27H31NO12. The molecule has 3 aliphatic rings. The molecule has 2 aromatic carbocycles. The van der Waals surface area contributed by atoms with Crippen LogP contribution in [0.15, 0.2) is 18.2 Å². The highest BCUT2D eigenvalue weighted by Crippen LogP contribution is 2.52. The number of aliphatic hydroxyl groups excluding tert-OH is 2. The third kappa shape index (κ3) is 4.36. The van der Waals surface area contributed by atoms with Gasteiger partial charge in [-0.05, 0) is 13.0 Å². The van der Waals surface area contributed by atoms with Crippen molar-refractivity contribution in [2.75, 3.05) is 13.7 Å². The standard InChI is InChI=1S/C27H29NO11.H2O/c1-10-22(31)13(28)6-17(38-10)39-15-8-27(36,16(30)9-29)7-12-19(15)26(35)21-20(24(12)33)23(32)11-4-3-5-14(37-2)18(11)25(21)34;/h3-5,10,13,15,17,22,29,31,33,35-36H,6-9,28H2,1-2H3;1H2/t10?,13?,15-,17?,22?,27-;/m0./s1. The number of fused-ring (bicyclic) bond motifs is 3. The quantitative estimate of drug-likeness (QED) is 0.209. The molecule has 2 aliphatic carbocycles. The van der Waals surface area contributed by atoms with E-state index in [1.807, 2.05) is 0 Å². The average molecular weight is 562 g/mol. The Hall–Kier alpha value is -3.43. The van der Waals surface area contributed by atoms with Crippen LogP contribution in [-0.4, -0.2) is 92.2 Å². The van der Waals surface area contributed by atoms with Crippen molar-refractivity contribution in [3.63, 3.8) is 0 Å². The van der Waals surface area contributed by atoms with E-state index in [1.165, 1.54) is 25.3 Å². The number of phenolic OH excluding ortho intramolecular Hbond substituents is 2. The summed E-state index contributed by atoms with van der Waals surface area (Å²) in [6.07, 6.45) is -5.12. The van der Waals surface area contributed by atoms with Crippen molar-refractivity contribution in [2.24, 2.45) is 5.73 Å². The van der Waals surface area contributed by atoms with Gasteiger partial charge in [-0.3, -0.25) is 14.4 Å². The summed E-state index contributed by atoms with van der Waals surface area (Å²) in [4.78, 5) is 39.7. The van der Waals surface area contributed by atoms with Crippen LogP contribution in [0, 0.1) is 0 Å². The molecule has 0 saturated carbocycles. The summed E-state index contributed by atoms with van der Waals surface area (Å²) in [7, 11) is 1.32. The summed E-state index contributed by atoms with van der Waals surface area (Å²) in [5.41, 5.74) is 2.37. The first-order valence-corrected chi connectivity index (χ1v) is 12.4. The number of carbonyl (C=O) groups is 3. The maximum Gasteiger partial charge on any atom is 0.202 e. The van der Waals surface area contributed by atoms with Gasteiger partial charge in [0, 0.05) is 42.0 Å². The van der Waals surface area contributed by atoms with Crippen LogP contribution < -0.4 is 10.5 Å². The van der Waals surface area contributed by atoms with Crippen LogP contribution in [0.2, 0.25) is 0 Å². The molecule has 1 saturated heterocycles. The highest BCUT2D eigenvalue weighted by Gasteiger charge is 2.50. The normalized spacial score (nSPS) is 29.1. The van der Waals surface area contributed by atoms with Crippen LogP contribution in [-0.2, 0) is 20.7 Å². The van der Waals surface area contributed by atoms with Crippen LogP contribution in [0.1, 0.15) is 68.8 Å². The van der Waals surface area contributed by atoms with Gasteiger partial charge in [-0.25, -0.2) is 0 Å². The van der Waals surface area contributed by atoms with Crippen molar-refractivity contribution in [2.45, 2.75) is 62.4 Å². The Labute approximate surface area is 228 Å². The van der Waals surface area contributed by atoms with Crippen molar-refractivity contribution < 1.29 is 59.6 Å². The molecule has 6 atom stereocenters. The van der Waals surface area contributed by atoms with Gasteiger partial charge in [-0.15, -0.1) is 0 Å². The molecule has 0 spiro atoms. The zero-order chi connectivity index (χ0) is 28.4. The zero-order valence-corrected chi connectivity index (χ0v) is 21.7. The molecule has 40 heavy (non-hydrogen) atoms. The highest BCUT2D eigenvalue weighted by atomic mass is 16.7. The van der Waals surface area contributed by atoms with Gasteiger partial charge in [0.15, 0.2) is 17.9 Å². The lowest BCUT2D eigenvalue weighted by Gasteiger charge is -2.42. The number of hydrogen-bond donors (Lipinski definition) is 6. The Morgan fingerprint density at radius 3 is 2.45 bits per heavy atom. The van der Waals surface area contributed by atoms with Gasteiger partial charge >= 0.3 is 0 Å². The molecule has 0 amide bonds. The molecule has 1 fully saturated rings. The molecule has 5 rings (SSSR count). The average Bonchev–Trinajstić information content (AvgIpc) is 2.90. The summed E-state index contributed by atoms with van der Waals surface area (Å²) in [5, 5.41) is 53.7. The molecule has 0 bridgehead atoms. The number of aromatic hydroxyl groups is 2. The number of carbonyl (C=O) groups excluding carboxylic acids is 3. The Balaban J connectivity index is 0.00000370. The minimum atomic E-state index is -2.24. The third-order valence-electron chi connectivity index (χ3n) is 7.81. The number of methoxy groups -OCH3 is 1. The van der Waals surface area contributed by atoms with Crippen LogP contribution in [0.3, 0.4) is 0 Å². The van der Waals surface area contributed by atoms with Crippen LogP contribution in [0.4, 0.5) is 0 Å². The molecule has 4 unspecified atom stereocenters. The fourth-order valence-electron chi connectivity index (χ4n) is 5.75. The maximum atomic E-state index is 13.6. The third-order valence-corrected chi connectivity index (χ3v) is 7.81. The molecule has 216 valence electrons. The van der Waals surface area contributed by atoms with Crippen molar-refractivity contribution >= 4 is 17.3 Å². The molecule has 9 N–H and O–H groups in total. The van der Waals surface area contributed by atoms with Gasteiger partial charge < -0.3 is 51.0 Å². The van der Waals surface area contributed by atoms with E-state index in [1.54, 1.807) is 6.92 Å². The Morgan fingerprint density at radius 2 is 1.82 bits per heavy atom. The predicted octanol–water partition coefficient (Wildman–Crippen LogP) is -0.823. The molecule has 1 heterocycles. The number of ketones is 3. The lowest BCUT2D eigenvalue weighted by atomic mass is 9.72. The van der Waals surface area contributed by atoms with E-state index in [4.69, 9.17) is 19.9 Å². The maximum absolute atomic E-state index is 13.6. The lowest BCUT2D eigenvalue weighted by molar-refractivity contribution is -0.247. The van der Waals surface area contributed by atoms with Crippen LogP contribution in [0.5, 0.6) is 17.2 Å². The molecule has 2 aromatic rings. The van der Waals surface area contributed by atoms with Crippen molar-refractivity contribution in [1.29, 1.82) is 0 Å². The molecule has 1 aliphatic heterocycles. The van der Waals surface area contributed by atoms with Crippen LogP contribution in [0.25, 0.3) is 0 Å². The SMILES string of the molecule is COc1cccc2c1C(=O)c1c(O)c3c(c(O)c1C2=O)C[C@@](O)(C(=O)CO)C[C@@H]3OC1CC(N)C(O)C(C)O1.O. The molecule has 0 aromatic heterocycles. The summed E-state index contributed by atoms with van der Waals surface area (Å²) < 4.78 is 17.0. The van der Waals surface area contributed by atoms with Gasteiger partial charge in [0.25, 0.3) is 0 Å². The number of benzene rings is 2. The molecule has 0 radical (unpaired) electrons. The number of phenols is 2. The largest absolute Gasteiger partial charge is 0.507 e. The minimum absolute atomic E-state index is 0. The number of Topliss-reactive ketones (excluding diaryl/α,β-unsaturated/α-hetero) is 1. The van der Waals surface area contributed by atoms with Gasteiger partial charge in [0.2, 0.25) is 5.78 Å². The van der Waals surface area contributed by atoms with E-state index >= 15 is 0 Å². The highest BCUT2D eigenvalue weighted by molar-refractivity contribution is 6.31. The van der Waals surface area contributed by atoms with E-state index in [9.17, 15) is 39.9 Å². The van der Waals surface area contributed by atoms with Gasteiger partial charge in [0.05, 0.1) is 42.1 Å². The van der Waals surface area contributed by atoms with Crippen LogP contribution >= 0.6 is 0 Å². The van der Waals surface area contributed by atoms with E-state index < -0.39 is 95.7 Å². The first-order chi connectivity index (χ1) is 18.4. The molecular weight excluding hydrogens is 530 g/mol. The second-order valence-electron chi connectivity index (χ2n) is 10.2. The van der Waals surface area contributed by atoms with E-state index in [0.717, 1.165) is 0 Å². The summed E-state index contributed by atoms with van der Waals surface area (Å²) in [5.74, 6) is -3.77. The van der Waals surface area contributed by atoms with E-state index in [0.29, 0.717) is 0 Å². The summed E-state index contributed by atoms with van der Waals surface area (Å²) >= 11 is 0. The Kier molecular flexibility index (Phi) is 7.77. The van der Waals surface area contributed by atoms with Gasteiger partial charge in [-0.1, -0.05) is 12.1 Å². The number of hydrogen-bond acceptors (Lipinski definition) is 12. The number of nitrogens with two attached hydrogens (primary N) is 1. The number of aliphatic hydroxyl groups is 3. The summed E-state index contributed by atoms with van der Waals surface area (Å²) in [6, 6.07) is 3.64. The second-order valence-corrected chi connectivity index (χ2v) is 10.2. The first-order valence-electron chi connectivity index (χ1n) is 12.4. The fraction of sp³-hybridized carbons (Fsp3) is 0.444. The summed E-state index contributed by atoms with van der Waals surface area (Å²) in [6.45, 7) is 0.560.